The van der Waals surface area contributed by atoms with Gasteiger partial charge in [0.2, 0.25) is 0 Å². The number of thiazole rings is 1. The molecule has 4 aromatic rings. The predicted molar refractivity (Wildman–Crippen MR) is 162 cm³/mol. The van der Waals surface area contributed by atoms with Crippen LogP contribution in [-0.4, -0.2) is 29.2 Å². The molecular formula is C31H25ClFN3O7S. The lowest BCUT2D eigenvalue weighted by Crippen LogP contribution is -2.39. The summed E-state index contributed by atoms with van der Waals surface area (Å²) in [6, 6.07) is 13.9. The quantitative estimate of drug-likeness (QED) is 0.142. The van der Waals surface area contributed by atoms with Crippen molar-refractivity contribution in [3.63, 3.8) is 0 Å². The number of benzene rings is 3. The summed E-state index contributed by atoms with van der Waals surface area (Å²) in [6.45, 7) is 3.56. The van der Waals surface area contributed by atoms with Gasteiger partial charge in [-0.15, -0.1) is 0 Å². The van der Waals surface area contributed by atoms with Crippen molar-refractivity contribution in [1.29, 1.82) is 0 Å². The highest BCUT2D eigenvalue weighted by molar-refractivity contribution is 7.07. The number of esters is 1. The second-order valence-electron chi connectivity index (χ2n) is 9.60. The maximum Gasteiger partial charge on any atom is 0.338 e. The molecule has 5 rings (SSSR count). The zero-order valence-corrected chi connectivity index (χ0v) is 25.3. The number of ether oxygens (including phenoxy) is 3. The van der Waals surface area contributed by atoms with Crippen LogP contribution in [-0.2, 0) is 16.1 Å². The van der Waals surface area contributed by atoms with Crippen molar-refractivity contribution in [3.8, 4) is 11.5 Å². The molecule has 0 bridgehead atoms. The normalized spacial score (nSPS) is 14.6. The number of hydrogen-bond donors (Lipinski definition) is 0. The fraction of sp³-hybridized carbons (Fsp3) is 0.194. The molecule has 0 aliphatic carbocycles. The molecule has 0 spiro atoms. The molecule has 13 heteroatoms. The average Bonchev–Trinajstić information content (AvgIpc) is 3.30. The van der Waals surface area contributed by atoms with E-state index < -0.39 is 28.3 Å². The summed E-state index contributed by atoms with van der Waals surface area (Å²) in [7, 11) is 1.45. The van der Waals surface area contributed by atoms with E-state index in [4.69, 9.17) is 25.8 Å². The maximum absolute atomic E-state index is 13.8. The standard InChI is InChI=1S/C31H25ClFN3O7S/c1-4-42-30(38)26-17(2)34-31-35(27(26)20-7-9-21(33)10-8-20)29(37)25(44-31)15-19-13-23(32)28(24(14-19)41-3)43-16-18-5-11-22(12-6-18)36(39)40/h5-15,27H,4,16H2,1-3H3/b25-15-/t27-/m1/s1. The van der Waals surface area contributed by atoms with Crippen LogP contribution in [0.3, 0.4) is 0 Å². The maximum atomic E-state index is 13.8. The van der Waals surface area contributed by atoms with Crippen molar-refractivity contribution in [3.05, 3.63) is 129 Å². The number of carbonyl (C=O) groups excluding carboxylic acids is 1. The van der Waals surface area contributed by atoms with Gasteiger partial charge in [0.05, 0.1) is 45.5 Å². The molecule has 0 amide bonds. The number of aromatic nitrogens is 1. The molecule has 44 heavy (non-hydrogen) atoms. The first kappa shape index (κ1) is 30.6. The smallest absolute Gasteiger partial charge is 0.338 e. The molecule has 1 atom stereocenters. The second-order valence-corrected chi connectivity index (χ2v) is 11.0. The van der Waals surface area contributed by atoms with E-state index in [0.717, 1.165) is 11.3 Å². The molecule has 1 aromatic heterocycles. The molecule has 0 saturated carbocycles. The third-order valence-corrected chi connectivity index (χ3v) is 8.05. The van der Waals surface area contributed by atoms with Gasteiger partial charge in [0.25, 0.3) is 11.2 Å². The summed E-state index contributed by atoms with van der Waals surface area (Å²) in [5, 5.41) is 11.1. The molecule has 0 saturated heterocycles. The minimum Gasteiger partial charge on any atom is -0.493 e. The highest BCUT2D eigenvalue weighted by atomic mass is 35.5. The molecule has 3 aromatic carbocycles. The van der Waals surface area contributed by atoms with Gasteiger partial charge >= 0.3 is 5.97 Å². The number of non-ortho nitro benzene ring substituents is 1. The number of rotatable bonds is 9. The van der Waals surface area contributed by atoms with Gasteiger partial charge in [-0.2, -0.15) is 0 Å². The Morgan fingerprint density at radius 3 is 2.52 bits per heavy atom. The second kappa shape index (κ2) is 12.8. The van der Waals surface area contributed by atoms with Gasteiger partial charge in [-0.1, -0.05) is 35.1 Å². The summed E-state index contributed by atoms with van der Waals surface area (Å²) in [5.74, 6) is -0.496. The Bertz CT molecular complexity index is 1970. The molecule has 226 valence electrons. The van der Waals surface area contributed by atoms with Crippen LogP contribution in [0.15, 0.2) is 81.7 Å². The van der Waals surface area contributed by atoms with Crippen molar-refractivity contribution >= 4 is 40.7 Å². The van der Waals surface area contributed by atoms with Gasteiger partial charge in [0, 0.05) is 12.1 Å². The van der Waals surface area contributed by atoms with Gasteiger partial charge in [0.15, 0.2) is 16.3 Å². The third kappa shape index (κ3) is 6.12. The molecule has 0 radical (unpaired) electrons. The van der Waals surface area contributed by atoms with Crippen LogP contribution in [0, 0.1) is 15.9 Å². The fourth-order valence-corrected chi connectivity index (χ4v) is 6.06. The largest absolute Gasteiger partial charge is 0.493 e. The number of nitro groups is 1. The Kier molecular flexibility index (Phi) is 8.93. The number of carbonyl (C=O) groups is 1. The van der Waals surface area contributed by atoms with E-state index in [1.54, 1.807) is 44.2 Å². The van der Waals surface area contributed by atoms with E-state index in [2.05, 4.69) is 4.99 Å². The average molecular weight is 638 g/mol. The van der Waals surface area contributed by atoms with Crippen LogP contribution in [0.2, 0.25) is 5.02 Å². The van der Waals surface area contributed by atoms with Crippen LogP contribution in [0.4, 0.5) is 10.1 Å². The van der Waals surface area contributed by atoms with E-state index in [1.165, 1.54) is 48.1 Å². The number of nitro benzene ring substituents is 1. The molecule has 1 aliphatic rings. The lowest BCUT2D eigenvalue weighted by Gasteiger charge is -2.24. The number of fused-ring (bicyclic) bond motifs is 1. The predicted octanol–water partition coefficient (Wildman–Crippen LogP) is 5.09. The zero-order valence-electron chi connectivity index (χ0n) is 23.7. The van der Waals surface area contributed by atoms with Crippen molar-refractivity contribution in [2.75, 3.05) is 13.7 Å². The van der Waals surface area contributed by atoms with E-state index in [9.17, 15) is 24.1 Å². The summed E-state index contributed by atoms with van der Waals surface area (Å²) >= 11 is 7.70. The summed E-state index contributed by atoms with van der Waals surface area (Å²) < 4.78 is 32.2. The SMILES string of the molecule is CCOC(=O)C1=C(C)N=c2s/c(=C\c3cc(Cl)c(OCc4ccc([N+](=O)[O-])cc4)c(OC)c3)c(=O)n2[C@@H]1c1ccc(F)cc1. The molecule has 10 nitrogen and oxygen atoms in total. The van der Waals surface area contributed by atoms with E-state index >= 15 is 0 Å². The van der Waals surface area contributed by atoms with Gasteiger partial charge in [-0.25, -0.2) is 14.2 Å². The van der Waals surface area contributed by atoms with Gasteiger partial charge in [0.1, 0.15) is 12.4 Å². The Morgan fingerprint density at radius 2 is 1.89 bits per heavy atom. The van der Waals surface area contributed by atoms with E-state index in [1.807, 2.05) is 0 Å². The molecule has 0 unspecified atom stereocenters. The molecule has 2 heterocycles. The summed E-state index contributed by atoms with van der Waals surface area (Å²) in [6.07, 6.45) is 1.63. The highest BCUT2D eigenvalue weighted by Gasteiger charge is 2.33. The summed E-state index contributed by atoms with van der Waals surface area (Å²) in [5.41, 5.74) is 1.89. The van der Waals surface area contributed by atoms with Gasteiger partial charge in [-0.05, 0) is 73.0 Å². The first-order valence-corrected chi connectivity index (χ1v) is 14.5. The molecule has 1 aliphatic heterocycles. The van der Waals surface area contributed by atoms with Crippen molar-refractivity contribution in [2.45, 2.75) is 26.5 Å². The molecule has 0 N–H and O–H groups in total. The van der Waals surface area contributed by atoms with Crippen LogP contribution in [0.5, 0.6) is 11.5 Å². The zero-order chi connectivity index (χ0) is 31.5. The Labute approximate surface area is 259 Å². The van der Waals surface area contributed by atoms with Crippen LogP contribution in [0.25, 0.3) is 6.08 Å². The van der Waals surface area contributed by atoms with Crippen LogP contribution < -0.4 is 24.4 Å². The first-order chi connectivity index (χ1) is 21.1. The van der Waals surface area contributed by atoms with Crippen molar-refractivity contribution < 1.29 is 28.3 Å². The van der Waals surface area contributed by atoms with Gasteiger partial charge < -0.3 is 14.2 Å². The number of halogens is 2. The third-order valence-electron chi connectivity index (χ3n) is 6.78. The minimum absolute atomic E-state index is 0.0322. The minimum atomic E-state index is -0.874. The summed E-state index contributed by atoms with van der Waals surface area (Å²) in [4.78, 5) is 42.2. The van der Waals surface area contributed by atoms with E-state index in [0.29, 0.717) is 37.5 Å². The number of allylic oxidation sites excluding steroid dienone is 1. The highest BCUT2D eigenvalue weighted by Crippen LogP contribution is 2.37. The lowest BCUT2D eigenvalue weighted by molar-refractivity contribution is -0.384. The monoisotopic (exact) mass is 637 g/mol. The van der Waals surface area contributed by atoms with Crippen molar-refractivity contribution in [2.24, 2.45) is 4.99 Å². The van der Waals surface area contributed by atoms with Crippen LogP contribution >= 0.6 is 22.9 Å². The number of methoxy groups -OCH3 is 1. The number of hydrogen-bond acceptors (Lipinski definition) is 9. The van der Waals surface area contributed by atoms with Gasteiger partial charge in [-0.3, -0.25) is 19.5 Å². The Balaban J connectivity index is 1.53. The lowest BCUT2D eigenvalue weighted by atomic mass is 9.96. The van der Waals surface area contributed by atoms with E-state index in [-0.39, 0.29) is 35.2 Å². The first-order valence-electron chi connectivity index (χ1n) is 13.3. The Hall–Kier alpha value is -4.81. The fourth-order valence-electron chi connectivity index (χ4n) is 4.74. The molecule has 0 fully saturated rings. The van der Waals surface area contributed by atoms with Crippen molar-refractivity contribution in [1.82, 2.24) is 4.57 Å². The molecular weight excluding hydrogens is 613 g/mol. The topological polar surface area (TPSA) is 122 Å². The number of nitrogens with zero attached hydrogens (tertiary/aromatic N) is 3. The van der Waals surface area contributed by atoms with Crippen LogP contribution in [0.1, 0.15) is 36.6 Å². The Morgan fingerprint density at radius 1 is 1.18 bits per heavy atom.